The maximum atomic E-state index is 12.6. The zero-order valence-corrected chi connectivity index (χ0v) is 16.2. The van der Waals surface area contributed by atoms with Crippen molar-refractivity contribution in [2.75, 3.05) is 19.6 Å². The summed E-state index contributed by atoms with van der Waals surface area (Å²) >= 11 is 0. The van der Waals surface area contributed by atoms with Crippen molar-refractivity contribution in [3.05, 3.63) is 71.3 Å². The Morgan fingerprint density at radius 1 is 0.931 bits per heavy atom. The highest BCUT2D eigenvalue weighted by Gasteiger charge is 2.29. The molecule has 0 spiro atoms. The number of alkyl halides is 3. The van der Waals surface area contributed by atoms with Crippen molar-refractivity contribution in [3.63, 3.8) is 0 Å². The van der Waals surface area contributed by atoms with Crippen LogP contribution in [-0.4, -0.2) is 31.5 Å². The molecule has 0 radical (unpaired) electrons. The Bertz CT molecular complexity index is 790. The fourth-order valence-electron chi connectivity index (χ4n) is 2.50. The molecule has 0 saturated heterocycles. The van der Waals surface area contributed by atoms with Gasteiger partial charge < -0.3 is 16.0 Å². The lowest BCUT2D eigenvalue weighted by Crippen LogP contribution is -2.38. The molecule has 0 aliphatic rings. The van der Waals surface area contributed by atoms with Crippen LogP contribution in [0.3, 0.4) is 0 Å². The quantitative estimate of drug-likeness (QED) is 0.357. The second kappa shape index (κ2) is 11.1. The molecule has 0 heterocycles. The number of carbonyl (C=O) groups excluding carboxylic acids is 1. The van der Waals surface area contributed by atoms with Gasteiger partial charge in [-0.3, -0.25) is 4.79 Å². The van der Waals surface area contributed by atoms with Crippen LogP contribution in [0.1, 0.15) is 34.8 Å². The molecule has 2 rings (SSSR count). The standard InChI is InChI=1S/C21H25F3N4O/c1-2-25-20(28-15-16-9-11-18(12-10-16)21(22,23)24)27-14-6-13-26-19(29)17-7-4-3-5-8-17/h3-5,7-12H,2,6,13-15H2,1H3,(H,26,29)(H2,25,27,28). The first-order chi connectivity index (χ1) is 13.9. The monoisotopic (exact) mass is 406 g/mol. The number of halogens is 3. The van der Waals surface area contributed by atoms with E-state index in [4.69, 9.17) is 0 Å². The molecule has 29 heavy (non-hydrogen) atoms. The molecule has 1 amide bonds. The lowest BCUT2D eigenvalue weighted by atomic mass is 10.1. The fraction of sp³-hybridized carbons (Fsp3) is 0.333. The Morgan fingerprint density at radius 3 is 2.21 bits per heavy atom. The molecule has 3 N–H and O–H groups in total. The number of aliphatic imine (C=N–C) groups is 1. The van der Waals surface area contributed by atoms with Gasteiger partial charge in [0.15, 0.2) is 5.96 Å². The van der Waals surface area contributed by atoms with Gasteiger partial charge in [0, 0.05) is 25.2 Å². The molecule has 0 aliphatic carbocycles. The third kappa shape index (κ3) is 7.85. The summed E-state index contributed by atoms with van der Waals surface area (Å²) in [5, 5.41) is 9.08. The van der Waals surface area contributed by atoms with Gasteiger partial charge in [0.1, 0.15) is 0 Å². The van der Waals surface area contributed by atoms with Gasteiger partial charge in [0.2, 0.25) is 0 Å². The van der Waals surface area contributed by atoms with E-state index in [1.54, 1.807) is 12.1 Å². The summed E-state index contributed by atoms with van der Waals surface area (Å²) in [4.78, 5) is 16.3. The second-order valence-electron chi connectivity index (χ2n) is 6.29. The lowest BCUT2D eigenvalue weighted by Gasteiger charge is -2.12. The van der Waals surface area contributed by atoms with E-state index in [1.807, 2.05) is 25.1 Å². The molecule has 0 aliphatic heterocycles. The molecule has 2 aromatic carbocycles. The van der Waals surface area contributed by atoms with Gasteiger partial charge in [0.25, 0.3) is 5.91 Å². The van der Waals surface area contributed by atoms with Crippen molar-refractivity contribution < 1.29 is 18.0 Å². The van der Waals surface area contributed by atoms with Gasteiger partial charge in [-0.25, -0.2) is 4.99 Å². The van der Waals surface area contributed by atoms with Crippen LogP contribution in [0.25, 0.3) is 0 Å². The van der Waals surface area contributed by atoms with Crippen molar-refractivity contribution in [1.82, 2.24) is 16.0 Å². The van der Waals surface area contributed by atoms with E-state index in [0.29, 0.717) is 43.1 Å². The van der Waals surface area contributed by atoms with Gasteiger partial charge in [0.05, 0.1) is 12.1 Å². The first-order valence-electron chi connectivity index (χ1n) is 9.41. The topological polar surface area (TPSA) is 65.5 Å². The van der Waals surface area contributed by atoms with E-state index in [-0.39, 0.29) is 12.5 Å². The van der Waals surface area contributed by atoms with Crippen LogP contribution >= 0.6 is 0 Å². The molecule has 156 valence electrons. The van der Waals surface area contributed by atoms with Gasteiger partial charge in [-0.1, -0.05) is 30.3 Å². The van der Waals surface area contributed by atoms with E-state index >= 15 is 0 Å². The highest BCUT2D eigenvalue weighted by Crippen LogP contribution is 2.29. The lowest BCUT2D eigenvalue weighted by molar-refractivity contribution is -0.137. The van der Waals surface area contributed by atoms with Gasteiger partial charge >= 0.3 is 6.18 Å². The van der Waals surface area contributed by atoms with Crippen LogP contribution in [-0.2, 0) is 12.7 Å². The summed E-state index contributed by atoms with van der Waals surface area (Å²) in [7, 11) is 0. The van der Waals surface area contributed by atoms with Crippen LogP contribution in [0.2, 0.25) is 0 Å². The van der Waals surface area contributed by atoms with Crippen molar-refractivity contribution in [3.8, 4) is 0 Å². The van der Waals surface area contributed by atoms with E-state index in [0.717, 1.165) is 12.1 Å². The van der Waals surface area contributed by atoms with Crippen LogP contribution in [0.5, 0.6) is 0 Å². The minimum absolute atomic E-state index is 0.117. The van der Waals surface area contributed by atoms with Crippen molar-refractivity contribution in [2.45, 2.75) is 26.1 Å². The van der Waals surface area contributed by atoms with Crippen LogP contribution in [0, 0.1) is 0 Å². The smallest absolute Gasteiger partial charge is 0.357 e. The maximum absolute atomic E-state index is 12.6. The number of guanidine groups is 1. The molecular formula is C21H25F3N4O. The predicted molar refractivity (Wildman–Crippen MR) is 108 cm³/mol. The van der Waals surface area contributed by atoms with E-state index < -0.39 is 11.7 Å². The minimum atomic E-state index is -4.34. The number of benzene rings is 2. The third-order valence-electron chi connectivity index (χ3n) is 4.01. The number of nitrogens with zero attached hydrogens (tertiary/aromatic N) is 1. The number of carbonyl (C=O) groups is 1. The van der Waals surface area contributed by atoms with Gasteiger partial charge in [-0.2, -0.15) is 13.2 Å². The van der Waals surface area contributed by atoms with Crippen molar-refractivity contribution >= 4 is 11.9 Å². The summed E-state index contributed by atoms with van der Waals surface area (Å²) in [6.45, 7) is 3.95. The summed E-state index contributed by atoms with van der Waals surface area (Å²) in [5.41, 5.74) is 0.630. The normalized spacial score (nSPS) is 11.8. The first-order valence-corrected chi connectivity index (χ1v) is 9.41. The van der Waals surface area contributed by atoms with E-state index in [2.05, 4.69) is 20.9 Å². The SMILES string of the molecule is CCNC(=NCc1ccc(C(F)(F)F)cc1)NCCCNC(=O)c1ccccc1. The number of amides is 1. The Morgan fingerprint density at radius 2 is 1.59 bits per heavy atom. The largest absolute Gasteiger partial charge is 0.416 e. The number of hydrogen-bond donors (Lipinski definition) is 3. The molecule has 0 fully saturated rings. The summed E-state index contributed by atoms with van der Waals surface area (Å²) in [5.74, 6) is 0.454. The number of rotatable bonds is 8. The van der Waals surface area contributed by atoms with Crippen molar-refractivity contribution in [1.29, 1.82) is 0 Å². The Balaban J connectivity index is 1.76. The highest BCUT2D eigenvalue weighted by atomic mass is 19.4. The first kappa shape index (κ1) is 22.3. The molecular weight excluding hydrogens is 381 g/mol. The molecule has 8 heteroatoms. The van der Waals surface area contributed by atoms with E-state index in [1.165, 1.54) is 12.1 Å². The molecule has 0 unspecified atom stereocenters. The molecule has 2 aromatic rings. The minimum Gasteiger partial charge on any atom is -0.357 e. The molecule has 5 nitrogen and oxygen atoms in total. The number of hydrogen-bond acceptors (Lipinski definition) is 2. The fourth-order valence-corrected chi connectivity index (χ4v) is 2.50. The van der Waals surface area contributed by atoms with Crippen LogP contribution in [0.4, 0.5) is 13.2 Å². The highest BCUT2D eigenvalue weighted by molar-refractivity contribution is 5.94. The average molecular weight is 406 g/mol. The summed E-state index contributed by atoms with van der Waals surface area (Å²) in [6, 6.07) is 14.0. The van der Waals surface area contributed by atoms with E-state index in [9.17, 15) is 18.0 Å². The summed E-state index contributed by atoms with van der Waals surface area (Å²) in [6.07, 6.45) is -3.64. The maximum Gasteiger partial charge on any atom is 0.416 e. The Hall–Kier alpha value is -3.03. The number of nitrogens with one attached hydrogen (secondary N) is 3. The zero-order chi connectivity index (χ0) is 21.1. The van der Waals surface area contributed by atoms with Crippen LogP contribution < -0.4 is 16.0 Å². The van der Waals surface area contributed by atoms with Crippen LogP contribution in [0.15, 0.2) is 59.6 Å². The Labute approximate surface area is 168 Å². The third-order valence-corrected chi connectivity index (χ3v) is 4.01. The van der Waals surface area contributed by atoms with Gasteiger partial charge in [-0.05, 0) is 43.2 Å². The predicted octanol–water partition coefficient (Wildman–Crippen LogP) is 3.58. The average Bonchev–Trinajstić information content (AvgIpc) is 2.71. The summed E-state index contributed by atoms with van der Waals surface area (Å²) < 4.78 is 37.8. The van der Waals surface area contributed by atoms with Crippen molar-refractivity contribution in [2.24, 2.45) is 4.99 Å². The van der Waals surface area contributed by atoms with Gasteiger partial charge in [-0.15, -0.1) is 0 Å². The molecule has 0 aromatic heterocycles. The zero-order valence-electron chi connectivity index (χ0n) is 16.2. The molecule has 0 saturated carbocycles. The Kier molecular flexibility index (Phi) is 8.51. The molecule has 0 atom stereocenters. The molecule has 0 bridgehead atoms. The second-order valence-corrected chi connectivity index (χ2v) is 6.29.